The molecule has 5 nitrogen and oxygen atoms in total. The molecule has 1 atom stereocenters. The number of unbranched alkanes of at least 4 members (excludes halogenated alkanes) is 7. The molecule has 0 saturated heterocycles. The quantitative estimate of drug-likeness (QED) is 0.282. The van der Waals surface area contributed by atoms with Crippen molar-refractivity contribution < 1.29 is 19.1 Å². The highest BCUT2D eigenvalue weighted by Crippen LogP contribution is 2.14. The van der Waals surface area contributed by atoms with E-state index in [2.05, 4.69) is 11.8 Å². The van der Waals surface area contributed by atoms with Crippen LogP contribution in [0, 0.1) is 6.57 Å². The Kier molecular flexibility index (Phi) is 10.8. The smallest absolute Gasteiger partial charge is 0.347 e. The van der Waals surface area contributed by atoms with Gasteiger partial charge in [0.05, 0.1) is 18.7 Å². The van der Waals surface area contributed by atoms with E-state index in [1.807, 2.05) is 0 Å². The molecule has 0 amide bonds. The molecule has 1 aromatic rings. The Morgan fingerprint density at radius 1 is 1.00 bits per heavy atom. The fraction of sp³-hybridized carbons (Fsp3) is 0.571. The van der Waals surface area contributed by atoms with Gasteiger partial charge in [0.15, 0.2) is 11.8 Å². The van der Waals surface area contributed by atoms with Crippen LogP contribution in [0.3, 0.4) is 0 Å². The van der Waals surface area contributed by atoms with Gasteiger partial charge in [0, 0.05) is 0 Å². The van der Waals surface area contributed by atoms with Crippen molar-refractivity contribution in [3.63, 3.8) is 0 Å². The Bertz CT molecular complexity index is 589. The number of ether oxygens (including phenoxy) is 2. The molecule has 1 rings (SSSR count). The summed E-state index contributed by atoms with van der Waals surface area (Å²) in [7, 11) is 0. The van der Waals surface area contributed by atoms with Crippen LogP contribution in [-0.2, 0) is 14.3 Å². The molecule has 0 bridgehead atoms. The maximum absolute atomic E-state index is 12.0. The lowest BCUT2D eigenvalue weighted by Crippen LogP contribution is -2.26. The molecule has 0 fully saturated rings. The molecule has 5 heteroatoms. The van der Waals surface area contributed by atoms with Gasteiger partial charge >= 0.3 is 11.9 Å². The fourth-order valence-corrected chi connectivity index (χ4v) is 2.47. The molecule has 0 aliphatic rings. The van der Waals surface area contributed by atoms with Crippen molar-refractivity contribution >= 4 is 17.6 Å². The van der Waals surface area contributed by atoms with E-state index in [0.29, 0.717) is 17.9 Å². The molecule has 0 aromatic heterocycles. The molecule has 0 N–H and O–H groups in total. The third-order valence-electron chi connectivity index (χ3n) is 4.09. The Labute approximate surface area is 156 Å². The van der Waals surface area contributed by atoms with E-state index in [1.54, 1.807) is 0 Å². The summed E-state index contributed by atoms with van der Waals surface area (Å²) in [6, 6.07) is 6.09. The van der Waals surface area contributed by atoms with Gasteiger partial charge in [-0.3, -0.25) is 0 Å². The zero-order valence-corrected chi connectivity index (χ0v) is 15.8. The number of hydrogen-bond acceptors (Lipinski definition) is 4. The van der Waals surface area contributed by atoms with Crippen molar-refractivity contribution in [3.8, 4) is 0 Å². The molecule has 0 spiro atoms. The lowest BCUT2D eigenvalue weighted by molar-refractivity contribution is -0.153. The summed E-state index contributed by atoms with van der Waals surface area (Å²) >= 11 is 0. The predicted octanol–water partition coefficient (Wildman–Crippen LogP) is 5.47. The van der Waals surface area contributed by atoms with Crippen molar-refractivity contribution in [2.45, 2.75) is 71.3 Å². The first-order chi connectivity index (χ1) is 12.6. The van der Waals surface area contributed by atoms with Crippen LogP contribution in [0.15, 0.2) is 24.3 Å². The minimum Gasteiger partial charge on any atom is -0.463 e. The Morgan fingerprint density at radius 3 is 2.15 bits per heavy atom. The molecular weight excluding hydrogens is 330 g/mol. The monoisotopic (exact) mass is 359 g/mol. The van der Waals surface area contributed by atoms with Crippen molar-refractivity contribution in [1.29, 1.82) is 0 Å². The van der Waals surface area contributed by atoms with Crippen LogP contribution in [0.1, 0.15) is 75.6 Å². The first kappa shape index (κ1) is 21.7. The number of nitrogens with zero attached hydrogens (tertiary/aromatic N) is 1. The van der Waals surface area contributed by atoms with E-state index in [9.17, 15) is 9.59 Å². The topological polar surface area (TPSA) is 57.0 Å². The lowest BCUT2D eigenvalue weighted by atomic mass is 10.1. The second-order valence-electron chi connectivity index (χ2n) is 6.35. The van der Waals surface area contributed by atoms with Crippen LogP contribution in [0.4, 0.5) is 5.69 Å². The average molecular weight is 359 g/mol. The maximum atomic E-state index is 12.0. The molecule has 0 aliphatic heterocycles. The van der Waals surface area contributed by atoms with Gasteiger partial charge in [-0.1, -0.05) is 76.1 Å². The second kappa shape index (κ2) is 12.9. The average Bonchev–Trinajstić information content (AvgIpc) is 2.66. The molecule has 0 unspecified atom stereocenters. The first-order valence-electron chi connectivity index (χ1n) is 9.43. The fourth-order valence-electron chi connectivity index (χ4n) is 2.47. The molecule has 0 aliphatic carbocycles. The number of rotatable bonds is 12. The maximum Gasteiger partial charge on any atom is 0.347 e. The van der Waals surface area contributed by atoms with E-state index in [4.69, 9.17) is 16.0 Å². The zero-order chi connectivity index (χ0) is 19.2. The number of carbonyl (C=O) groups is 2. The summed E-state index contributed by atoms with van der Waals surface area (Å²) in [5.41, 5.74) is 0.750. The molecule has 0 saturated carbocycles. The second-order valence-corrected chi connectivity index (χ2v) is 6.35. The van der Waals surface area contributed by atoms with E-state index in [0.717, 1.165) is 19.3 Å². The third kappa shape index (κ3) is 8.66. The first-order valence-corrected chi connectivity index (χ1v) is 9.43. The molecule has 0 heterocycles. The van der Waals surface area contributed by atoms with Gasteiger partial charge in [0.2, 0.25) is 0 Å². The summed E-state index contributed by atoms with van der Waals surface area (Å²) in [6.45, 7) is 10.9. The molecular formula is C21H29NO4. The van der Waals surface area contributed by atoms with Gasteiger partial charge in [0.1, 0.15) is 0 Å². The molecule has 1 aromatic carbocycles. The Hall–Kier alpha value is -2.35. The van der Waals surface area contributed by atoms with Gasteiger partial charge < -0.3 is 9.47 Å². The van der Waals surface area contributed by atoms with Crippen molar-refractivity contribution in [2.24, 2.45) is 0 Å². The Morgan fingerprint density at radius 2 is 1.58 bits per heavy atom. The van der Waals surface area contributed by atoms with Crippen LogP contribution >= 0.6 is 0 Å². The van der Waals surface area contributed by atoms with Crippen LogP contribution < -0.4 is 0 Å². The van der Waals surface area contributed by atoms with Gasteiger partial charge in [-0.15, -0.1) is 0 Å². The zero-order valence-electron chi connectivity index (χ0n) is 15.8. The highest BCUT2D eigenvalue weighted by Gasteiger charge is 2.20. The number of hydrogen-bond donors (Lipinski definition) is 0. The standard InChI is InChI=1S/C21H29NO4/c1-4-5-6-7-8-9-10-11-16-25-20(23)17(2)26-21(24)18-12-14-19(22-3)15-13-18/h12-15,17H,4-11,16H2,1-2H3/t17-/m0/s1. The summed E-state index contributed by atoms with van der Waals surface area (Å²) in [4.78, 5) is 27.1. The molecule has 142 valence electrons. The highest BCUT2D eigenvalue weighted by molar-refractivity contribution is 5.91. The van der Waals surface area contributed by atoms with Crippen LogP contribution in [0.25, 0.3) is 4.85 Å². The van der Waals surface area contributed by atoms with Crippen LogP contribution in [0.5, 0.6) is 0 Å². The van der Waals surface area contributed by atoms with Crippen molar-refractivity contribution in [2.75, 3.05) is 6.61 Å². The van der Waals surface area contributed by atoms with Crippen molar-refractivity contribution in [1.82, 2.24) is 0 Å². The summed E-state index contributed by atoms with van der Waals surface area (Å²) < 4.78 is 10.3. The number of benzene rings is 1. The summed E-state index contributed by atoms with van der Waals surface area (Å²) in [5, 5.41) is 0. The summed E-state index contributed by atoms with van der Waals surface area (Å²) in [6.07, 6.45) is 8.45. The van der Waals surface area contributed by atoms with Gasteiger partial charge in [-0.05, 0) is 13.3 Å². The van der Waals surface area contributed by atoms with Crippen LogP contribution in [0.2, 0.25) is 0 Å². The van der Waals surface area contributed by atoms with Gasteiger partial charge in [0.25, 0.3) is 0 Å². The van der Waals surface area contributed by atoms with Gasteiger partial charge in [-0.2, -0.15) is 0 Å². The minimum atomic E-state index is -0.947. The van der Waals surface area contributed by atoms with E-state index >= 15 is 0 Å². The largest absolute Gasteiger partial charge is 0.463 e. The Balaban J connectivity index is 2.18. The number of carbonyl (C=O) groups excluding carboxylic acids is 2. The van der Waals surface area contributed by atoms with E-state index < -0.39 is 18.0 Å². The lowest BCUT2D eigenvalue weighted by Gasteiger charge is -2.13. The summed E-state index contributed by atoms with van der Waals surface area (Å²) in [5.74, 6) is -1.13. The number of esters is 2. The molecule has 26 heavy (non-hydrogen) atoms. The van der Waals surface area contributed by atoms with E-state index in [-0.39, 0.29) is 0 Å². The third-order valence-corrected chi connectivity index (χ3v) is 4.09. The van der Waals surface area contributed by atoms with Gasteiger partial charge in [-0.25, -0.2) is 14.4 Å². The van der Waals surface area contributed by atoms with Crippen molar-refractivity contribution in [3.05, 3.63) is 41.2 Å². The van der Waals surface area contributed by atoms with Crippen LogP contribution in [-0.4, -0.2) is 24.6 Å². The normalized spacial score (nSPS) is 11.4. The minimum absolute atomic E-state index is 0.306. The predicted molar refractivity (Wildman–Crippen MR) is 101 cm³/mol. The highest BCUT2D eigenvalue weighted by atomic mass is 16.6. The SMILES string of the molecule is [C-]#[N+]c1ccc(C(=O)O[C@@H](C)C(=O)OCCCCCCCCCC)cc1. The van der Waals surface area contributed by atoms with E-state index in [1.165, 1.54) is 63.3 Å². The molecule has 0 radical (unpaired) electrons.